The van der Waals surface area contributed by atoms with Crippen LogP contribution in [0.1, 0.15) is 21.5 Å². The Morgan fingerprint density at radius 3 is 1.97 bits per heavy atom. The van der Waals surface area contributed by atoms with Crippen molar-refractivity contribution >= 4 is 29.5 Å². The second-order valence-electron chi connectivity index (χ2n) is 8.29. The number of benzene rings is 3. The van der Waals surface area contributed by atoms with Gasteiger partial charge in [-0.1, -0.05) is 24.3 Å². The predicted molar refractivity (Wildman–Crippen MR) is 136 cm³/mol. The average molecular weight is 537 g/mol. The smallest absolute Gasteiger partial charge is 0.339 e. The Balaban J connectivity index is 1.06. The predicted octanol–water partition coefficient (Wildman–Crippen LogP) is 3.03. The van der Waals surface area contributed by atoms with Crippen LogP contribution in [0.5, 0.6) is 23.0 Å². The molecule has 0 radical (unpaired) electrons. The van der Waals surface area contributed by atoms with Gasteiger partial charge in [0.25, 0.3) is 5.91 Å². The second-order valence-corrected chi connectivity index (χ2v) is 9.31. The van der Waals surface area contributed by atoms with E-state index in [1.165, 1.54) is 11.8 Å². The first-order chi connectivity index (χ1) is 18.5. The molecule has 2 aliphatic heterocycles. The van der Waals surface area contributed by atoms with Crippen LogP contribution in [-0.2, 0) is 27.4 Å². The number of rotatable bonds is 10. The van der Waals surface area contributed by atoms with E-state index < -0.39 is 18.5 Å². The van der Waals surface area contributed by atoms with Crippen LogP contribution in [0.4, 0.5) is 0 Å². The average Bonchev–Trinajstić information content (AvgIpc) is 3.61. The zero-order valence-corrected chi connectivity index (χ0v) is 21.0. The Kier molecular flexibility index (Phi) is 7.84. The lowest BCUT2D eigenvalue weighted by Gasteiger charge is -2.10. The third-order valence-electron chi connectivity index (χ3n) is 5.65. The van der Waals surface area contributed by atoms with E-state index in [1.807, 2.05) is 18.2 Å². The number of fused-ring (bicyclic) bond motifs is 2. The summed E-state index contributed by atoms with van der Waals surface area (Å²) in [4.78, 5) is 37.9. The highest BCUT2D eigenvalue weighted by atomic mass is 32.2. The van der Waals surface area contributed by atoms with Gasteiger partial charge in [0, 0.05) is 18.0 Å². The number of carbonyl (C=O) groups is 3. The van der Waals surface area contributed by atoms with Crippen LogP contribution >= 0.6 is 11.8 Å². The maximum atomic E-state index is 12.7. The largest absolute Gasteiger partial charge is 0.454 e. The first kappa shape index (κ1) is 25.3. The van der Waals surface area contributed by atoms with Crippen LogP contribution in [0.2, 0.25) is 0 Å². The van der Waals surface area contributed by atoms with Gasteiger partial charge in [0.15, 0.2) is 29.6 Å². The number of hydrogen-bond acceptors (Lipinski definition) is 9. The zero-order valence-electron chi connectivity index (χ0n) is 20.2. The summed E-state index contributed by atoms with van der Waals surface area (Å²) in [7, 11) is 0. The van der Waals surface area contributed by atoms with Crippen LogP contribution in [0.25, 0.3) is 0 Å². The summed E-state index contributed by atoms with van der Waals surface area (Å²) >= 11 is 1.21. The highest BCUT2D eigenvalue weighted by Gasteiger charge is 2.17. The lowest BCUT2D eigenvalue weighted by atomic mass is 10.2. The maximum Gasteiger partial charge on any atom is 0.339 e. The molecule has 2 aliphatic rings. The normalized spacial score (nSPS) is 12.6. The number of thioether (sulfide) groups is 1. The molecule has 0 unspecified atom stereocenters. The van der Waals surface area contributed by atoms with Gasteiger partial charge >= 0.3 is 5.97 Å². The SMILES string of the molecule is O=C(COC(=O)c1ccccc1SCC(=O)NCc1ccc2c(c1)OCO2)NCc1ccc2c(c1)OCO2. The van der Waals surface area contributed by atoms with Gasteiger partial charge < -0.3 is 34.3 Å². The fourth-order valence-electron chi connectivity index (χ4n) is 3.72. The van der Waals surface area contributed by atoms with E-state index in [4.69, 9.17) is 23.7 Å². The minimum atomic E-state index is -0.646. The highest BCUT2D eigenvalue weighted by Crippen LogP contribution is 2.33. The van der Waals surface area contributed by atoms with E-state index >= 15 is 0 Å². The van der Waals surface area contributed by atoms with Gasteiger partial charge in [-0.25, -0.2) is 4.79 Å². The van der Waals surface area contributed by atoms with E-state index in [2.05, 4.69) is 10.6 Å². The number of hydrogen-bond donors (Lipinski definition) is 2. The van der Waals surface area contributed by atoms with E-state index in [0.717, 1.165) is 11.1 Å². The molecule has 0 saturated heterocycles. The Morgan fingerprint density at radius 2 is 1.32 bits per heavy atom. The maximum absolute atomic E-state index is 12.7. The van der Waals surface area contributed by atoms with Crippen LogP contribution < -0.4 is 29.6 Å². The summed E-state index contributed by atoms with van der Waals surface area (Å²) in [6, 6.07) is 17.7. The minimum Gasteiger partial charge on any atom is -0.454 e. The third kappa shape index (κ3) is 6.30. The Hall–Kier alpha value is -4.38. The van der Waals surface area contributed by atoms with Crippen molar-refractivity contribution in [3.8, 4) is 23.0 Å². The topological polar surface area (TPSA) is 121 Å². The first-order valence-corrected chi connectivity index (χ1v) is 12.7. The van der Waals surface area contributed by atoms with Gasteiger partial charge in [-0.2, -0.15) is 0 Å². The molecule has 0 fully saturated rings. The molecule has 3 aromatic carbocycles. The summed E-state index contributed by atoms with van der Waals surface area (Å²) in [5, 5.41) is 5.56. The fraction of sp³-hybridized carbons (Fsp3) is 0.222. The molecular weight excluding hydrogens is 512 g/mol. The molecule has 11 heteroatoms. The van der Waals surface area contributed by atoms with Gasteiger partial charge in [-0.3, -0.25) is 9.59 Å². The van der Waals surface area contributed by atoms with E-state index in [-0.39, 0.29) is 37.4 Å². The minimum absolute atomic E-state index is 0.102. The van der Waals surface area contributed by atoms with Crippen LogP contribution in [0, 0.1) is 0 Å². The number of amides is 2. The molecule has 0 saturated carbocycles. The molecule has 5 rings (SSSR count). The van der Waals surface area contributed by atoms with Crippen molar-refractivity contribution in [3.63, 3.8) is 0 Å². The van der Waals surface area contributed by atoms with Crippen molar-refractivity contribution in [1.82, 2.24) is 10.6 Å². The lowest BCUT2D eigenvalue weighted by molar-refractivity contribution is -0.124. The monoisotopic (exact) mass is 536 g/mol. The molecule has 3 aromatic rings. The van der Waals surface area contributed by atoms with E-state index in [1.54, 1.807) is 42.5 Å². The number of esters is 1. The first-order valence-electron chi connectivity index (χ1n) is 11.7. The molecule has 2 heterocycles. The molecule has 2 N–H and O–H groups in total. The molecule has 0 aliphatic carbocycles. The number of carbonyl (C=O) groups excluding carboxylic acids is 3. The molecular formula is C27H24N2O8S. The van der Waals surface area contributed by atoms with Gasteiger partial charge in [0.2, 0.25) is 19.5 Å². The second kappa shape index (κ2) is 11.8. The fourth-order valence-corrected chi connectivity index (χ4v) is 4.59. The van der Waals surface area contributed by atoms with Crippen LogP contribution in [0.15, 0.2) is 65.6 Å². The Bertz CT molecular complexity index is 1360. The molecule has 0 bridgehead atoms. The van der Waals surface area contributed by atoms with Crippen molar-refractivity contribution in [1.29, 1.82) is 0 Å². The number of ether oxygens (including phenoxy) is 5. The molecule has 0 atom stereocenters. The molecule has 10 nitrogen and oxygen atoms in total. The molecule has 0 spiro atoms. The van der Waals surface area contributed by atoms with Gasteiger partial charge in [0.05, 0.1) is 11.3 Å². The van der Waals surface area contributed by atoms with Crippen LogP contribution in [-0.4, -0.2) is 43.7 Å². The van der Waals surface area contributed by atoms with Gasteiger partial charge in [-0.15, -0.1) is 11.8 Å². The van der Waals surface area contributed by atoms with E-state index in [9.17, 15) is 14.4 Å². The van der Waals surface area contributed by atoms with Crippen molar-refractivity contribution in [2.45, 2.75) is 18.0 Å². The highest BCUT2D eigenvalue weighted by molar-refractivity contribution is 8.00. The van der Waals surface area contributed by atoms with Crippen molar-refractivity contribution in [2.24, 2.45) is 0 Å². The Morgan fingerprint density at radius 1 is 0.737 bits per heavy atom. The number of nitrogens with one attached hydrogen (secondary N) is 2. The summed E-state index contributed by atoms with van der Waals surface area (Å²) in [5.41, 5.74) is 1.99. The molecule has 38 heavy (non-hydrogen) atoms. The standard InChI is InChI=1S/C27H24N2O8S/c30-25(28-11-17-5-7-20-22(9-17)36-15-34-20)13-33-27(32)19-3-1-2-4-24(19)38-14-26(31)29-12-18-6-8-21-23(10-18)37-16-35-21/h1-10H,11-16H2,(H,28,30)(H,29,31). The summed E-state index contributed by atoms with van der Waals surface area (Å²) in [5.74, 6) is 1.44. The van der Waals surface area contributed by atoms with Crippen molar-refractivity contribution < 1.29 is 38.1 Å². The molecule has 2 amide bonds. The quantitative estimate of drug-likeness (QED) is 0.297. The molecule has 0 aromatic heterocycles. The van der Waals surface area contributed by atoms with E-state index in [0.29, 0.717) is 34.4 Å². The molecule has 196 valence electrons. The van der Waals surface area contributed by atoms with Crippen LogP contribution in [0.3, 0.4) is 0 Å². The summed E-state index contributed by atoms with van der Waals surface area (Å²) < 4.78 is 26.5. The van der Waals surface area contributed by atoms with Crippen molar-refractivity contribution in [2.75, 3.05) is 25.9 Å². The summed E-state index contributed by atoms with van der Waals surface area (Å²) in [6.45, 7) is 0.516. The summed E-state index contributed by atoms with van der Waals surface area (Å²) in [6.07, 6.45) is 0. The lowest BCUT2D eigenvalue weighted by Crippen LogP contribution is -2.28. The third-order valence-corrected chi connectivity index (χ3v) is 6.73. The zero-order chi connectivity index (χ0) is 26.3. The Labute approximate surface area is 222 Å². The van der Waals surface area contributed by atoms with Gasteiger partial charge in [0.1, 0.15) is 0 Å². The van der Waals surface area contributed by atoms with Crippen molar-refractivity contribution in [3.05, 3.63) is 77.4 Å². The van der Waals surface area contributed by atoms with Gasteiger partial charge in [-0.05, 0) is 47.5 Å².